The first kappa shape index (κ1) is 18.8. The standard InChI is InChI=1S/C18H29N5O3/c1-11(2)8-16(24)23-10-14(9-15(23)17-19-12(3)21-22-17)20-18(25)13-4-6-26-7-5-13/h11,13-15H,4-10H2,1-3H3,(H,20,25)(H,19,21,22)/t14-,15-/m0/s1. The molecule has 144 valence electrons. The van der Waals surface area contributed by atoms with Crippen LogP contribution in [0.2, 0.25) is 0 Å². The highest BCUT2D eigenvalue weighted by molar-refractivity contribution is 5.80. The van der Waals surface area contributed by atoms with Gasteiger partial charge in [0, 0.05) is 38.1 Å². The van der Waals surface area contributed by atoms with Crippen molar-refractivity contribution in [3.63, 3.8) is 0 Å². The van der Waals surface area contributed by atoms with Crippen molar-refractivity contribution in [3.8, 4) is 0 Å². The second kappa shape index (κ2) is 8.16. The first-order valence-electron chi connectivity index (χ1n) is 9.50. The molecule has 2 amide bonds. The Labute approximate surface area is 154 Å². The minimum absolute atomic E-state index is 0.00775. The summed E-state index contributed by atoms with van der Waals surface area (Å²) in [6.07, 6.45) is 2.66. The topological polar surface area (TPSA) is 100 Å². The highest BCUT2D eigenvalue weighted by Gasteiger charge is 2.39. The molecule has 2 aliphatic heterocycles. The summed E-state index contributed by atoms with van der Waals surface area (Å²) in [5.41, 5.74) is 0. The van der Waals surface area contributed by atoms with Crippen LogP contribution in [-0.2, 0) is 14.3 Å². The highest BCUT2D eigenvalue weighted by Crippen LogP contribution is 2.31. The van der Waals surface area contributed by atoms with Crippen molar-refractivity contribution in [2.24, 2.45) is 11.8 Å². The Bertz CT molecular complexity index is 639. The van der Waals surface area contributed by atoms with Gasteiger partial charge in [-0.3, -0.25) is 14.7 Å². The predicted molar refractivity (Wildman–Crippen MR) is 95.1 cm³/mol. The summed E-state index contributed by atoms with van der Waals surface area (Å²) < 4.78 is 5.33. The van der Waals surface area contributed by atoms with Crippen molar-refractivity contribution >= 4 is 11.8 Å². The van der Waals surface area contributed by atoms with E-state index in [0.717, 1.165) is 18.7 Å². The molecule has 2 N–H and O–H groups in total. The van der Waals surface area contributed by atoms with E-state index in [4.69, 9.17) is 4.74 Å². The predicted octanol–water partition coefficient (Wildman–Crippen LogP) is 1.34. The van der Waals surface area contributed by atoms with Gasteiger partial charge in [-0.1, -0.05) is 13.8 Å². The van der Waals surface area contributed by atoms with E-state index in [1.165, 1.54) is 0 Å². The molecule has 2 aliphatic rings. The molecule has 0 aliphatic carbocycles. The Balaban J connectivity index is 1.68. The molecule has 26 heavy (non-hydrogen) atoms. The first-order chi connectivity index (χ1) is 12.4. The lowest BCUT2D eigenvalue weighted by Gasteiger charge is -2.24. The summed E-state index contributed by atoms with van der Waals surface area (Å²) in [6.45, 7) is 7.70. The largest absolute Gasteiger partial charge is 0.381 e. The molecule has 1 aromatic rings. The Kier molecular flexibility index (Phi) is 5.90. The molecule has 2 atom stereocenters. The number of carbonyl (C=O) groups is 2. The third-order valence-corrected chi connectivity index (χ3v) is 5.06. The number of hydrogen-bond donors (Lipinski definition) is 2. The number of carbonyl (C=O) groups excluding carboxylic acids is 2. The van der Waals surface area contributed by atoms with Gasteiger partial charge in [0.15, 0.2) is 5.82 Å². The smallest absolute Gasteiger partial charge is 0.223 e. The molecule has 0 saturated carbocycles. The molecular formula is C18H29N5O3. The van der Waals surface area contributed by atoms with Crippen LogP contribution in [0.3, 0.4) is 0 Å². The maximum absolute atomic E-state index is 12.7. The Hall–Kier alpha value is -1.96. The molecular weight excluding hydrogens is 334 g/mol. The van der Waals surface area contributed by atoms with Crippen molar-refractivity contribution in [1.82, 2.24) is 25.4 Å². The van der Waals surface area contributed by atoms with Crippen LogP contribution in [0.5, 0.6) is 0 Å². The zero-order valence-corrected chi connectivity index (χ0v) is 15.8. The number of amides is 2. The fourth-order valence-corrected chi connectivity index (χ4v) is 3.72. The van der Waals surface area contributed by atoms with E-state index in [0.29, 0.717) is 38.4 Å². The number of hydrogen-bond acceptors (Lipinski definition) is 5. The molecule has 0 aromatic carbocycles. The minimum atomic E-state index is -0.189. The van der Waals surface area contributed by atoms with E-state index in [2.05, 4.69) is 20.5 Å². The van der Waals surface area contributed by atoms with E-state index < -0.39 is 0 Å². The van der Waals surface area contributed by atoms with Crippen LogP contribution in [-0.4, -0.2) is 57.7 Å². The van der Waals surface area contributed by atoms with Crippen LogP contribution < -0.4 is 5.32 Å². The van der Waals surface area contributed by atoms with Gasteiger partial charge >= 0.3 is 0 Å². The van der Waals surface area contributed by atoms with Crippen LogP contribution in [0.25, 0.3) is 0 Å². The second-order valence-electron chi connectivity index (χ2n) is 7.77. The van der Waals surface area contributed by atoms with Crippen LogP contribution >= 0.6 is 0 Å². The fraction of sp³-hybridized carbons (Fsp3) is 0.778. The molecule has 2 saturated heterocycles. The first-order valence-corrected chi connectivity index (χ1v) is 9.50. The Morgan fingerprint density at radius 2 is 2.08 bits per heavy atom. The summed E-state index contributed by atoms with van der Waals surface area (Å²) in [5, 5.41) is 10.2. The van der Waals surface area contributed by atoms with Crippen LogP contribution in [0.1, 0.15) is 57.2 Å². The molecule has 8 nitrogen and oxygen atoms in total. The van der Waals surface area contributed by atoms with E-state index in [1.807, 2.05) is 25.7 Å². The van der Waals surface area contributed by atoms with Gasteiger partial charge in [-0.2, -0.15) is 5.10 Å². The van der Waals surface area contributed by atoms with Crippen molar-refractivity contribution < 1.29 is 14.3 Å². The number of likely N-dealkylation sites (tertiary alicyclic amines) is 1. The zero-order chi connectivity index (χ0) is 18.7. The van der Waals surface area contributed by atoms with E-state index in [-0.39, 0.29) is 35.7 Å². The van der Waals surface area contributed by atoms with E-state index in [9.17, 15) is 9.59 Å². The quantitative estimate of drug-likeness (QED) is 0.822. The number of aromatic amines is 1. The number of rotatable bonds is 5. The lowest BCUT2D eigenvalue weighted by atomic mass is 9.99. The third-order valence-electron chi connectivity index (χ3n) is 5.06. The van der Waals surface area contributed by atoms with Gasteiger partial charge in [0.1, 0.15) is 5.82 Å². The number of nitrogens with one attached hydrogen (secondary N) is 2. The highest BCUT2D eigenvalue weighted by atomic mass is 16.5. The maximum atomic E-state index is 12.7. The van der Waals surface area contributed by atoms with Gasteiger partial charge in [0.25, 0.3) is 0 Å². The minimum Gasteiger partial charge on any atom is -0.381 e. The fourth-order valence-electron chi connectivity index (χ4n) is 3.72. The van der Waals surface area contributed by atoms with Crippen molar-refractivity contribution in [3.05, 3.63) is 11.6 Å². The van der Waals surface area contributed by atoms with Gasteiger partial charge in [-0.25, -0.2) is 4.98 Å². The number of ether oxygens (including phenoxy) is 1. The summed E-state index contributed by atoms with van der Waals surface area (Å²) in [7, 11) is 0. The monoisotopic (exact) mass is 363 g/mol. The molecule has 3 rings (SSSR count). The molecule has 3 heterocycles. The molecule has 2 fully saturated rings. The lowest BCUT2D eigenvalue weighted by molar-refractivity contribution is -0.133. The second-order valence-corrected chi connectivity index (χ2v) is 7.77. The van der Waals surface area contributed by atoms with E-state index in [1.54, 1.807) is 0 Å². The van der Waals surface area contributed by atoms with Gasteiger partial charge in [-0.05, 0) is 32.1 Å². The van der Waals surface area contributed by atoms with Crippen LogP contribution in [0.4, 0.5) is 0 Å². The normalized spacial score (nSPS) is 24.2. The van der Waals surface area contributed by atoms with Gasteiger partial charge in [0.2, 0.25) is 11.8 Å². The van der Waals surface area contributed by atoms with Crippen molar-refractivity contribution in [2.75, 3.05) is 19.8 Å². The maximum Gasteiger partial charge on any atom is 0.223 e. The van der Waals surface area contributed by atoms with Crippen LogP contribution in [0, 0.1) is 18.8 Å². The Morgan fingerprint density at radius 3 is 2.69 bits per heavy atom. The molecule has 0 spiro atoms. The number of aryl methyl sites for hydroxylation is 1. The molecule has 8 heteroatoms. The van der Waals surface area contributed by atoms with E-state index >= 15 is 0 Å². The third kappa shape index (κ3) is 4.41. The molecule has 0 unspecified atom stereocenters. The summed E-state index contributed by atoms with van der Waals surface area (Å²) in [6, 6.07) is -0.253. The summed E-state index contributed by atoms with van der Waals surface area (Å²) >= 11 is 0. The summed E-state index contributed by atoms with van der Waals surface area (Å²) in [4.78, 5) is 31.5. The number of H-pyrrole nitrogens is 1. The van der Waals surface area contributed by atoms with Crippen molar-refractivity contribution in [1.29, 1.82) is 0 Å². The van der Waals surface area contributed by atoms with Crippen molar-refractivity contribution in [2.45, 2.75) is 58.5 Å². The average molecular weight is 363 g/mol. The Morgan fingerprint density at radius 1 is 1.35 bits per heavy atom. The number of nitrogens with zero attached hydrogens (tertiary/aromatic N) is 3. The van der Waals surface area contributed by atoms with Crippen LogP contribution in [0.15, 0.2) is 0 Å². The van der Waals surface area contributed by atoms with Gasteiger partial charge in [-0.15, -0.1) is 0 Å². The zero-order valence-electron chi connectivity index (χ0n) is 15.8. The average Bonchev–Trinajstić information content (AvgIpc) is 3.21. The van der Waals surface area contributed by atoms with Gasteiger partial charge in [0.05, 0.1) is 6.04 Å². The summed E-state index contributed by atoms with van der Waals surface area (Å²) in [5.74, 6) is 1.81. The SMILES string of the molecule is Cc1nc([C@@H]2C[C@H](NC(=O)C3CCOCC3)CN2C(=O)CC(C)C)n[nH]1. The molecule has 1 aromatic heterocycles. The molecule has 0 radical (unpaired) electrons. The lowest BCUT2D eigenvalue weighted by Crippen LogP contribution is -2.42. The molecule has 0 bridgehead atoms. The van der Waals surface area contributed by atoms with Gasteiger partial charge < -0.3 is 15.0 Å². The number of aromatic nitrogens is 3.